The number of amides is 1. The second-order valence-corrected chi connectivity index (χ2v) is 7.76. The highest BCUT2D eigenvalue weighted by Gasteiger charge is 2.27. The molecule has 3 aromatic rings. The predicted octanol–water partition coefficient (Wildman–Crippen LogP) is 2.77. The van der Waals surface area contributed by atoms with Crippen LogP contribution in [0.15, 0.2) is 47.8 Å². The summed E-state index contributed by atoms with van der Waals surface area (Å²) in [6.07, 6.45) is 1.82. The maximum absolute atomic E-state index is 13.6. The Morgan fingerprint density at radius 2 is 2.03 bits per heavy atom. The first-order valence-corrected chi connectivity index (χ1v) is 10.9. The van der Waals surface area contributed by atoms with E-state index in [9.17, 15) is 9.18 Å². The van der Waals surface area contributed by atoms with Crippen LogP contribution in [0.25, 0.3) is 0 Å². The molecule has 1 aliphatic heterocycles. The number of ether oxygens (including phenoxy) is 1. The van der Waals surface area contributed by atoms with Gasteiger partial charge in [-0.15, -0.1) is 0 Å². The Labute approximate surface area is 201 Å². The predicted molar refractivity (Wildman–Crippen MR) is 124 cm³/mol. The van der Waals surface area contributed by atoms with Gasteiger partial charge in [0.05, 0.1) is 25.1 Å². The first kappa shape index (κ1) is 24.2. The number of hydrogen-bond donors (Lipinski definition) is 2. The molecule has 35 heavy (non-hydrogen) atoms. The van der Waals surface area contributed by atoms with E-state index in [4.69, 9.17) is 14.4 Å². The van der Waals surface area contributed by atoms with Crippen molar-refractivity contribution in [2.45, 2.75) is 32.6 Å². The summed E-state index contributed by atoms with van der Waals surface area (Å²) < 4.78 is 18.6. The number of methoxy groups -OCH3 is 1. The van der Waals surface area contributed by atoms with Crippen molar-refractivity contribution in [1.82, 2.24) is 25.7 Å². The van der Waals surface area contributed by atoms with Crippen LogP contribution >= 0.6 is 0 Å². The third-order valence-corrected chi connectivity index (χ3v) is 5.26. The van der Waals surface area contributed by atoms with Gasteiger partial charge in [0, 0.05) is 26.2 Å². The van der Waals surface area contributed by atoms with Crippen LogP contribution < -0.4 is 15.5 Å². The molecule has 0 radical (unpaired) electrons. The highest BCUT2D eigenvalue weighted by Crippen LogP contribution is 2.28. The number of oxime groups is 1. The monoisotopic (exact) mass is 480 g/mol. The summed E-state index contributed by atoms with van der Waals surface area (Å²) in [7, 11) is 3.08. The summed E-state index contributed by atoms with van der Waals surface area (Å²) in [6.45, 7) is 2.28. The number of benzene rings is 1. The molecule has 2 aromatic heterocycles. The molecular formula is C24H25FN6O4. The molecule has 1 amide bonds. The van der Waals surface area contributed by atoms with Crippen LogP contribution in [0.3, 0.4) is 0 Å². The number of aromatic nitrogens is 3. The molecule has 182 valence electrons. The summed E-state index contributed by atoms with van der Waals surface area (Å²) in [6, 6.07) is 9.75. The van der Waals surface area contributed by atoms with Crippen molar-refractivity contribution in [2.24, 2.45) is 5.16 Å². The van der Waals surface area contributed by atoms with Crippen molar-refractivity contribution in [3.63, 3.8) is 0 Å². The summed E-state index contributed by atoms with van der Waals surface area (Å²) in [4.78, 5) is 36.6. The second kappa shape index (κ2) is 11.0. The Kier molecular flexibility index (Phi) is 7.58. The fourth-order valence-corrected chi connectivity index (χ4v) is 3.47. The highest BCUT2D eigenvalue weighted by atomic mass is 19.1. The van der Waals surface area contributed by atoms with Gasteiger partial charge < -0.3 is 14.9 Å². The average molecular weight is 481 g/mol. The zero-order valence-electron chi connectivity index (χ0n) is 19.5. The zero-order valence-corrected chi connectivity index (χ0v) is 19.5. The average Bonchev–Trinajstić information content (AvgIpc) is 3.37. The number of hydroxylamine groups is 1. The van der Waals surface area contributed by atoms with E-state index < -0.39 is 11.7 Å². The Morgan fingerprint density at radius 1 is 1.20 bits per heavy atom. The van der Waals surface area contributed by atoms with Crippen molar-refractivity contribution in [3.8, 4) is 5.75 Å². The fourth-order valence-electron chi connectivity index (χ4n) is 3.47. The molecule has 1 atom stereocenters. The minimum Gasteiger partial charge on any atom is -0.494 e. The van der Waals surface area contributed by atoms with Gasteiger partial charge in [0.15, 0.2) is 17.7 Å². The maximum atomic E-state index is 13.6. The molecule has 10 nitrogen and oxygen atoms in total. The number of carbonyl (C=O) groups excluding carboxylic acids is 1. The molecule has 0 spiro atoms. The molecule has 11 heteroatoms. The molecule has 1 unspecified atom stereocenters. The third-order valence-electron chi connectivity index (χ3n) is 5.26. The summed E-state index contributed by atoms with van der Waals surface area (Å²) >= 11 is 0. The molecule has 0 saturated heterocycles. The van der Waals surface area contributed by atoms with Gasteiger partial charge in [0.1, 0.15) is 17.2 Å². The zero-order chi connectivity index (χ0) is 24.8. The first-order chi connectivity index (χ1) is 17.0. The minimum atomic E-state index is -0.467. The molecule has 1 aromatic carbocycles. The molecule has 0 bridgehead atoms. The number of halogens is 1. The van der Waals surface area contributed by atoms with Crippen LogP contribution in [-0.4, -0.2) is 40.7 Å². The number of carbonyl (C=O) groups is 1. The highest BCUT2D eigenvalue weighted by molar-refractivity contribution is 6.02. The van der Waals surface area contributed by atoms with Gasteiger partial charge in [0.25, 0.3) is 5.91 Å². The molecule has 1 aliphatic rings. The molecular weight excluding hydrogens is 455 g/mol. The van der Waals surface area contributed by atoms with Gasteiger partial charge >= 0.3 is 0 Å². The minimum absolute atomic E-state index is 0.112. The number of aryl methyl sites for hydroxylation is 1. The van der Waals surface area contributed by atoms with Crippen molar-refractivity contribution in [1.29, 1.82) is 0 Å². The molecule has 2 N–H and O–H groups in total. The lowest BCUT2D eigenvalue weighted by Crippen LogP contribution is -2.25. The summed E-state index contributed by atoms with van der Waals surface area (Å²) in [5.74, 6) is -0.321. The Bertz CT molecular complexity index is 1240. The van der Waals surface area contributed by atoms with Gasteiger partial charge in [-0.1, -0.05) is 17.3 Å². The third kappa shape index (κ3) is 5.94. The topological polar surface area (TPSA) is 120 Å². The van der Waals surface area contributed by atoms with Gasteiger partial charge in [-0.3, -0.25) is 14.6 Å². The maximum Gasteiger partial charge on any atom is 0.270 e. The van der Waals surface area contributed by atoms with E-state index in [1.54, 1.807) is 32.3 Å². The first-order valence-electron chi connectivity index (χ1n) is 10.9. The van der Waals surface area contributed by atoms with Crippen LogP contribution in [0.4, 0.5) is 4.39 Å². The van der Waals surface area contributed by atoms with E-state index in [1.165, 1.54) is 19.2 Å². The van der Waals surface area contributed by atoms with E-state index in [-0.39, 0.29) is 24.1 Å². The van der Waals surface area contributed by atoms with E-state index in [0.29, 0.717) is 35.8 Å². The van der Waals surface area contributed by atoms with Gasteiger partial charge in [-0.05, 0) is 42.3 Å². The number of pyridine rings is 1. The smallest absolute Gasteiger partial charge is 0.270 e. The van der Waals surface area contributed by atoms with Crippen LogP contribution in [0.5, 0.6) is 5.75 Å². The number of rotatable bonds is 9. The Hall–Kier alpha value is -3.96. The lowest BCUT2D eigenvalue weighted by Gasteiger charge is -2.09. The number of hydrogen-bond acceptors (Lipinski definition) is 9. The Morgan fingerprint density at radius 3 is 2.77 bits per heavy atom. The molecule has 0 saturated carbocycles. The van der Waals surface area contributed by atoms with Crippen molar-refractivity contribution in [3.05, 3.63) is 82.4 Å². The normalized spacial score (nSPS) is 14.9. The molecule has 4 rings (SSSR count). The number of nitrogens with zero attached hydrogens (tertiary/aromatic N) is 4. The molecule has 0 fully saturated rings. The number of nitrogens with one attached hydrogen (secondary N) is 2. The second-order valence-electron chi connectivity index (χ2n) is 7.76. The van der Waals surface area contributed by atoms with E-state index in [2.05, 4.69) is 30.9 Å². The summed E-state index contributed by atoms with van der Waals surface area (Å²) in [5, 5.41) is 6.95. The SMILES string of the molecule is CNOCc1ccc(C2CC(c3cc(C(=O)NCc4ccc(F)c(OC)c4)nc(C)n3)=NO2)nc1. The van der Waals surface area contributed by atoms with Crippen LogP contribution in [-0.2, 0) is 22.8 Å². The van der Waals surface area contributed by atoms with Gasteiger partial charge in [-0.25, -0.2) is 19.8 Å². The van der Waals surface area contributed by atoms with E-state index >= 15 is 0 Å². The molecule has 3 heterocycles. The molecule has 0 aliphatic carbocycles. The van der Waals surface area contributed by atoms with Crippen LogP contribution in [0.2, 0.25) is 0 Å². The van der Waals surface area contributed by atoms with Crippen molar-refractivity contribution in [2.75, 3.05) is 14.2 Å². The largest absolute Gasteiger partial charge is 0.494 e. The van der Waals surface area contributed by atoms with Crippen LogP contribution in [0.1, 0.15) is 51.4 Å². The van der Waals surface area contributed by atoms with E-state index in [0.717, 1.165) is 11.3 Å². The van der Waals surface area contributed by atoms with Crippen LogP contribution in [0, 0.1) is 12.7 Å². The summed E-state index contributed by atoms with van der Waals surface area (Å²) in [5.41, 5.74) is 6.26. The van der Waals surface area contributed by atoms with E-state index in [1.807, 2.05) is 12.1 Å². The lowest BCUT2D eigenvalue weighted by atomic mass is 10.1. The standard InChI is InChI=1S/C24H25FN6O4/c1-14-29-19(20-10-23(35-31-20)18-7-5-16(12-27-18)13-34-26-2)9-21(30-14)24(32)28-11-15-4-6-17(25)22(8-15)33-3/h4-9,12,23,26H,10-11,13H2,1-3H3,(H,28,32). The van der Waals surface area contributed by atoms with Crippen molar-refractivity contribution >= 4 is 11.6 Å². The fraction of sp³-hybridized carbons (Fsp3) is 0.292. The quantitative estimate of drug-likeness (QED) is 0.449. The van der Waals surface area contributed by atoms with Gasteiger partial charge in [-0.2, -0.15) is 0 Å². The lowest BCUT2D eigenvalue weighted by molar-refractivity contribution is 0.0441. The van der Waals surface area contributed by atoms with Crippen molar-refractivity contribution < 1.29 is 23.6 Å². The van der Waals surface area contributed by atoms with Gasteiger partial charge in [0.2, 0.25) is 0 Å². The Balaban J connectivity index is 1.41.